The molecule has 0 radical (unpaired) electrons. The predicted molar refractivity (Wildman–Crippen MR) is 502 cm³/mol. The lowest BCUT2D eigenvalue weighted by atomic mass is 9.69. The van der Waals surface area contributed by atoms with Crippen LogP contribution in [0.2, 0.25) is 0 Å². The fraction of sp³-hybridized carbons (Fsp3) is 0.657. The lowest BCUT2D eigenvalue weighted by Crippen LogP contribution is -2.27. The van der Waals surface area contributed by atoms with Gasteiger partial charge < -0.3 is 9.80 Å². The zero-order chi connectivity index (χ0) is 85.2. The van der Waals surface area contributed by atoms with E-state index in [1.807, 2.05) is 50.2 Å². The van der Waals surface area contributed by atoms with Crippen LogP contribution in [0.15, 0.2) is 109 Å². The Kier molecular flexibility index (Phi) is 49.1. The Morgan fingerprint density at radius 3 is 0.775 bits per heavy atom. The lowest BCUT2D eigenvalue weighted by molar-refractivity contribution is 0.103. The highest BCUT2D eigenvalue weighted by Gasteiger charge is 2.33. The van der Waals surface area contributed by atoms with Gasteiger partial charge in [-0.2, -0.15) is 0 Å². The molecule has 4 saturated carbocycles. The number of hydrogen-bond acceptors (Lipinski definition) is 3. The first-order valence-electron chi connectivity index (χ1n) is 44.8. The Morgan fingerprint density at radius 1 is 0.288 bits per heavy atom. The number of nitrogens with zero attached hydrogens (tertiary/aromatic N) is 2. The lowest BCUT2D eigenvalue weighted by Gasteiger charge is -2.36. The average Bonchev–Trinajstić information content (AvgIpc) is 1.63. The summed E-state index contributed by atoms with van der Waals surface area (Å²) in [6.45, 7) is 84.1. The van der Waals surface area contributed by atoms with Gasteiger partial charge in [0.05, 0.1) is 0 Å². The number of ketones is 1. The van der Waals surface area contributed by atoms with Crippen LogP contribution in [0, 0.1) is 201 Å². The number of hydrogen-bond donors (Lipinski definition) is 0. The van der Waals surface area contributed by atoms with Gasteiger partial charge in [0.1, 0.15) is 0 Å². The summed E-state index contributed by atoms with van der Waals surface area (Å²) in [5, 5.41) is 0. The van der Waals surface area contributed by atoms with E-state index in [2.05, 4.69) is 346 Å². The zero-order valence-electron chi connectivity index (χ0n) is 80.5. The van der Waals surface area contributed by atoms with Crippen LogP contribution in [0.1, 0.15) is 307 Å². The van der Waals surface area contributed by atoms with Gasteiger partial charge in [0.15, 0.2) is 5.78 Å². The molecule has 4 aliphatic rings. The third kappa shape index (κ3) is 40.4. The molecule has 6 aromatic rings. The molecule has 0 N–H and O–H groups in total. The van der Waals surface area contributed by atoms with Crippen molar-refractivity contribution in [2.75, 3.05) is 41.3 Å². The maximum Gasteiger partial charge on any atom is 0.193 e. The number of rotatable bonds is 11. The molecule has 3 nitrogen and oxygen atoms in total. The molecule has 0 aliphatic heterocycles. The molecule has 4 aliphatic carbocycles. The topological polar surface area (TPSA) is 23.6 Å². The van der Waals surface area contributed by atoms with Crippen LogP contribution in [0.5, 0.6) is 0 Å². The molecule has 0 spiro atoms. The monoisotopic (exact) mass is 1520 g/mol. The number of benzene rings is 6. The third-order valence-electron chi connectivity index (χ3n) is 27.2. The molecule has 0 aromatic heterocycles. The summed E-state index contributed by atoms with van der Waals surface area (Å²) >= 11 is 0. The van der Waals surface area contributed by atoms with Gasteiger partial charge in [-0.1, -0.05) is 311 Å². The van der Waals surface area contributed by atoms with Gasteiger partial charge in [-0.3, -0.25) is 4.79 Å². The second kappa shape index (κ2) is 52.5. The van der Waals surface area contributed by atoms with Crippen molar-refractivity contribution in [2.24, 2.45) is 118 Å². The standard InChI is InChI=1S/C17H18O.2C16H18.3C10H20.C9H18.C8H18.C6H16N2.C6H14/c1-11-5-7-15(9-13(11)3)17(18)16-8-6-12(2)14(4)10-16;1-11-5-12(2)8-15(7-11)16-9-13(3)6-14(4)10-16;1-11-5-7-15(9-13(11)3)16-8-6-12(2)14(4)10-16;1-7-5-9(3)10(4)6-8(7)2;1-7-5-8(2)10(4)9(3)6-7;1-7-5-6-8(2)10(4)9(7)3;1-6-5-7(2)9(4)8(6)3;2*1-7(2)5-6-8(3)4;1-5(2)6(3)4/h5-10H,1-4H3;2*5-10H,1-4H3;3*7-10H,5-6H2,1-4H3;6-9H,5H2,1-4H3;7-8H,5-6H2,1-4H3;5-6H2,1-4H3;5-6H,1-4H3. The summed E-state index contributed by atoms with van der Waals surface area (Å²) in [4.78, 5) is 16.7. The first-order valence-corrected chi connectivity index (χ1v) is 44.8. The zero-order valence-corrected chi connectivity index (χ0v) is 80.5. The first-order chi connectivity index (χ1) is 51.5. The van der Waals surface area contributed by atoms with Crippen molar-refractivity contribution in [3.63, 3.8) is 0 Å². The highest BCUT2D eigenvalue weighted by molar-refractivity contribution is 6.09. The molecule has 0 heterocycles. The van der Waals surface area contributed by atoms with E-state index in [0.717, 1.165) is 154 Å². The van der Waals surface area contributed by atoms with Crippen LogP contribution in [0.3, 0.4) is 0 Å². The second-order valence-electron chi connectivity index (χ2n) is 39.7. The minimum Gasteiger partial charge on any atom is -0.308 e. The molecule has 14 unspecified atom stereocenters. The minimum absolute atomic E-state index is 0.0983. The van der Waals surface area contributed by atoms with Crippen LogP contribution in [0.4, 0.5) is 0 Å². The van der Waals surface area contributed by atoms with E-state index in [1.165, 1.54) is 136 Å². The van der Waals surface area contributed by atoms with Crippen molar-refractivity contribution in [3.05, 3.63) is 187 Å². The van der Waals surface area contributed by atoms with Gasteiger partial charge >= 0.3 is 0 Å². The predicted octanol–water partition coefficient (Wildman–Crippen LogP) is 31.7. The molecule has 10 rings (SSSR count). The number of carbonyl (C=O) groups excluding carboxylic acids is 1. The van der Waals surface area contributed by atoms with Crippen molar-refractivity contribution in [2.45, 2.75) is 307 Å². The molecule has 0 amide bonds. The van der Waals surface area contributed by atoms with Crippen molar-refractivity contribution >= 4 is 5.78 Å². The van der Waals surface area contributed by atoms with E-state index in [4.69, 9.17) is 0 Å². The molecule has 6 aromatic carbocycles. The summed E-state index contributed by atoms with van der Waals surface area (Å²) in [7, 11) is 8.35. The van der Waals surface area contributed by atoms with E-state index in [9.17, 15) is 4.79 Å². The Bertz CT molecular complexity index is 3240. The van der Waals surface area contributed by atoms with E-state index < -0.39 is 0 Å². The van der Waals surface area contributed by atoms with Gasteiger partial charge in [-0.25, -0.2) is 0 Å². The van der Waals surface area contributed by atoms with Crippen LogP contribution in [-0.4, -0.2) is 56.9 Å². The molecule has 3 heteroatoms. The molecular formula is C108H180N2O. The fourth-order valence-electron chi connectivity index (χ4n) is 15.7. The van der Waals surface area contributed by atoms with Crippen molar-refractivity contribution in [1.29, 1.82) is 0 Å². The summed E-state index contributed by atoms with van der Waals surface area (Å²) < 4.78 is 0. The third-order valence-corrected chi connectivity index (χ3v) is 27.2. The SMILES string of the molecule is CC(C)C(C)C.CC(C)CCC(C)C.CC1CC(C)C(C)C(C)C1.CC1CC(C)C(C)C1C.CC1CC(C)C(C)CC1C.CC1CCC(C)C(C)C1C.CN(C)CCN(C)C.Cc1cc(C)cc(-c2cc(C)cc(C)c2)c1.Cc1ccc(-c2ccc(C)c(C)c2)cc1C.Cc1ccc(C(=O)c2ccc(C)c(C)c2)cc1C. The molecule has 14 atom stereocenters. The maximum atomic E-state index is 12.4. The molecule has 0 saturated heterocycles. The first kappa shape index (κ1) is 104. The summed E-state index contributed by atoms with van der Waals surface area (Å²) in [5.74, 6) is 18.9. The normalized spacial score (nSPS) is 24.5. The Morgan fingerprint density at radius 2 is 0.541 bits per heavy atom. The molecular weight excluding hydrogens is 1340 g/mol. The van der Waals surface area contributed by atoms with E-state index in [0.29, 0.717) is 0 Å². The highest BCUT2D eigenvalue weighted by atomic mass is 16.1. The van der Waals surface area contributed by atoms with E-state index in [1.54, 1.807) is 0 Å². The largest absolute Gasteiger partial charge is 0.308 e. The van der Waals surface area contributed by atoms with Crippen molar-refractivity contribution in [3.8, 4) is 22.3 Å². The smallest absolute Gasteiger partial charge is 0.193 e. The number of carbonyl (C=O) groups is 1. The minimum atomic E-state index is 0.0983. The van der Waals surface area contributed by atoms with E-state index in [-0.39, 0.29) is 5.78 Å². The second-order valence-corrected chi connectivity index (χ2v) is 39.7. The fourth-order valence-corrected chi connectivity index (χ4v) is 15.7. The van der Waals surface area contributed by atoms with E-state index >= 15 is 0 Å². The Labute approximate surface area is 692 Å². The summed E-state index contributed by atoms with van der Waals surface area (Å²) in [6.07, 6.45) is 12.9. The van der Waals surface area contributed by atoms with Crippen LogP contribution < -0.4 is 0 Å². The maximum absolute atomic E-state index is 12.4. The van der Waals surface area contributed by atoms with Gasteiger partial charge in [0.2, 0.25) is 0 Å². The quantitative estimate of drug-likeness (QED) is 0.121. The molecule has 111 heavy (non-hydrogen) atoms. The van der Waals surface area contributed by atoms with Crippen LogP contribution in [0.25, 0.3) is 22.3 Å². The van der Waals surface area contributed by atoms with Gasteiger partial charge in [-0.15, -0.1) is 0 Å². The van der Waals surface area contributed by atoms with Crippen molar-refractivity contribution in [1.82, 2.24) is 9.80 Å². The molecule has 0 bridgehead atoms. The number of aryl methyl sites for hydroxylation is 12. The number of likely N-dealkylation sites (N-methyl/N-ethyl adjacent to an activating group) is 2. The summed E-state index contributed by atoms with van der Waals surface area (Å²) in [6, 6.07) is 38.5. The molecule has 628 valence electrons. The Balaban J connectivity index is 0.000000628. The summed E-state index contributed by atoms with van der Waals surface area (Å²) in [5.41, 5.74) is 22.3. The highest BCUT2D eigenvalue weighted by Crippen LogP contribution is 2.42. The van der Waals surface area contributed by atoms with Crippen LogP contribution in [-0.2, 0) is 0 Å². The Hall–Kier alpha value is -5.09. The average molecular weight is 1520 g/mol. The molecule has 4 fully saturated rings. The van der Waals surface area contributed by atoms with Gasteiger partial charge in [0.25, 0.3) is 0 Å². The van der Waals surface area contributed by atoms with Gasteiger partial charge in [-0.05, 0) is 341 Å². The van der Waals surface area contributed by atoms with Crippen LogP contribution >= 0.6 is 0 Å². The van der Waals surface area contributed by atoms with Crippen molar-refractivity contribution < 1.29 is 4.79 Å². The van der Waals surface area contributed by atoms with Gasteiger partial charge in [0, 0.05) is 24.2 Å².